The van der Waals surface area contributed by atoms with Crippen molar-refractivity contribution in [3.63, 3.8) is 0 Å². The molecule has 0 aromatic heterocycles. The van der Waals surface area contributed by atoms with E-state index in [0.29, 0.717) is 5.41 Å². The van der Waals surface area contributed by atoms with Gasteiger partial charge in [0.2, 0.25) is 0 Å². The molecule has 1 saturated carbocycles. The molecule has 0 saturated heterocycles. The molecule has 0 radical (unpaired) electrons. The summed E-state index contributed by atoms with van der Waals surface area (Å²) in [5.41, 5.74) is 0.482. The summed E-state index contributed by atoms with van der Waals surface area (Å²) in [6, 6.07) is 0. The molecular weight excluding hydrogens is 204 g/mol. The molecule has 0 bridgehead atoms. The van der Waals surface area contributed by atoms with E-state index in [9.17, 15) is 0 Å². The molecule has 2 aliphatic rings. The highest BCUT2D eigenvalue weighted by molar-refractivity contribution is 8.13. The van der Waals surface area contributed by atoms with Crippen LogP contribution in [0.4, 0.5) is 0 Å². The second-order valence-corrected chi connectivity index (χ2v) is 5.91. The molecule has 0 atom stereocenters. The Morgan fingerprint density at radius 1 is 1.40 bits per heavy atom. The highest BCUT2D eigenvalue weighted by Gasteiger charge is 2.30. The first-order chi connectivity index (χ1) is 7.28. The van der Waals surface area contributed by atoms with E-state index < -0.39 is 0 Å². The molecule has 0 unspecified atom stereocenters. The lowest BCUT2D eigenvalue weighted by Gasteiger charge is -2.33. The van der Waals surface area contributed by atoms with Crippen LogP contribution in [0.1, 0.15) is 39.5 Å². The van der Waals surface area contributed by atoms with Crippen molar-refractivity contribution in [2.45, 2.75) is 39.5 Å². The molecule has 0 aromatic rings. The van der Waals surface area contributed by atoms with Crippen molar-refractivity contribution in [2.24, 2.45) is 16.3 Å². The molecule has 0 spiro atoms. The van der Waals surface area contributed by atoms with E-state index in [1.54, 1.807) is 0 Å². The SMILES string of the molecule is CCC1(CC)CN=C(NCC2CC2)SC1. The maximum Gasteiger partial charge on any atom is 0.156 e. The van der Waals surface area contributed by atoms with Crippen molar-refractivity contribution in [2.75, 3.05) is 18.8 Å². The summed E-state index contributed by atoms with van der Waals surface area (Å²) in [6.07, 6.45) is 5.35. The zero-order valence-electron chi connectivity index (χ0n) is 9.88. The molecule has 15 heavy (non-hydrogen) atoms. The predicted molar refractivity (Wildman–Crippen MR) is 68.5 cm³/mol. The van der Waals surface area contributed by atoms with Crippen molar-refractivity contribution in [1.82, 2.24) is 5.32 Å². The molecule has 1 fully saturated rings. The first kappa shape index (κ1) is 11.3. The van der Waals surface area contributed by atoms with E-state index in [1.807, 2.05) is 11.8 Å². The second kappa shape index (κ2) is 4.77. The maximum atomic E-state index is 4.69. The van der Waals surface area contributed by atoms with Crippen molar-refractivity contribution in [3.8, 4) is 0 Å². The number of thioether (sulfide) groups is 1. The Bertz CT molecular complexity index is 242. The summed E-state index contributed by atoms with van der Waals surface area (Å²) in [4.78, 5) is 4.69. The topological polar surface area (TPSA) is 24.4 Å². The van der Waals surface area contributed by atoms with E-state index in [0.717, 1.165) is 19.0 Å². The first-order valence-electron chi connectivity index (χ1n) is 6.19. The van der Waals surface area contributed by atoms with Crippen molar-refractivity contribution in [1.29, 1.82) is 0 Å². The van der Waals surface area contributed by atoms with Crippen LogP contribution in [-0.4, -0.2) is 24.0 Å². The van der Waals surface area contributed by atoms with Gasteiger partial charge in [0.05, 0.1) is 0 Å². The second-order valence-electron chi connectivity index (χ2n) is 4.94. The van der Waals surface area contributed by atoms with Crippen LogP contribution in [0.2, 0.25) is 0 Å². The molecule has 2 rings (SSSR count). The molecule has 1 heterocycles. The van der Waals surface area contributed by atoms with Crippen LogP contribution in [-0.2, 0) is 0 Å². The Balaban J connectivity index is 1.81. The smallest absolute Gasteiger partial charge is 0.156 e. The number of hydrogen-bond acceptors (Lipinski definition) is 3. The Morgan fingerprint density at radius 2 is 2.13 bits per heavy atom. The van der Waals surface area contributed by atoms with Gasteiger partial charge in [0.15, 0.2) is 5.17 Å². The van der Waals surface area contributed by atoms with Gasteiger partial charge in [-0.25, -0.2) is 0 Å². The highest BCUT2D eigenvalue weighted by Crippen LogP contribution is 2.35. The largest absolute Gasteiger partial charge is 0.365 e. The molecule has 0 aromatic carbocycles. The normalized spacial score (nSPS) is 24.8. The van der Waals surface area contributed by atoms with Gasteiger partial charge in [-0.05, 0) is 37.0 Å². The van der Waals surface area contributed by atoms with Crippen LogP contribution in [0.25, 0.3) is 0 Å². The van der Waals surface area contributed by atoms with Crippen molar-refractivity contribution < 1.29 is 0 Å². The number of rotatable bonds is 4. The number of hydrogen-bond donors (Lipinski definition) is 1. The lowest BCUT2D eigenvalue weighted by atomic mass is 9.84. The van der Waals surface area contributed by atoms with Gasteiger partial charge in [-0.1, -0.05) is 25.6 Å². The van der Waals surface area contributed by atoms with Crippen LogP contribution >= 0.6 is 11.8 Å². The Hall–Kier alpha value is -0.180. The van der Waals surface area contributed by atoms with Gasteiger partial charge >= 0.3 is 0 Å². The van der Waals surface area contributed by atoms with Crippen molar-refractivity contribution >= 4 is 16.9 Å². The Kier molecular flexibility index (Phi) is 3.60. The minimum atomic E-state index is 0.482. The van der Waals surface area contributed by atoms with Gasteiger partial charge in [-0.2, -0.15) is 0 Å². The van der Waals surface area contributed by atoms with Gasteiger partial charge in [0, 0.05) is 18.8 Å². The number of amidine groups is 1. The summed E-state index contributed by atoms with van der Waals surface area (Å²) in [7, 11) is 0. The van der Waals surface area contributed by atoms with E-state index in [1.165, 1.54) is 36.6 Å². The average Bonchev–Trinajstić information content (AvgIpc) is 3.11. The van der Waals surface area contributed by atoms with Crippen molar-refractivity contribution in [3.05, 3.63) is 0 Å². The number of aliphatic imine (C=N–C) groups is 1. The molecule has 0 amide bonds. The molecule has 86 valence electrons. The first-order valence-corrected chi connectivity index (χ1v) is 7.17. The van der Waals surface area contributed by atoms with Gasteiger partial charge in [0.1, 0.15) is 0 Å². The summed E-state index contributed by atoms with van der Waals surface area (Å²) < 4.78 is 0. The van der Waals surface area contributed by atoms with E-state index in [2.05, 4.69) is 19.2 Å². The predicted octanol–water partition coefficient (Wildman–Crippen LogP) is 2.90. The van der Waals surface area contributed by atoms with Gasteiger partial charge in [-0.3, -0.25) is 4.99 Å². The van der Waals surface area contributed by atoms with Gasteiger partial charge in [0.25, 0.3) is 0 Å². The van der Waals surface area contributed by atoms with Crippen LogP contribution < -0.4 is 5.32 Å². The summed E-state index contributed by atoms with van der Waals surface area (Å²) in [6.45, 7) is 6.77. The standard InChI is InChI=1S/C12H22N2S/c1-3-12(4-2)8-14-11(15-9-12)13-7-10-5-6-10/h10H,3-9H2,1-2H3,(H,13,14). The lowest BCUT2D eigenvalue weighted by Crippen LogP contribution is -2.35. The molecule has 3 heteroatoms. The lowest BCUT2D eigenvalue weighted by molar-refractivity contribution is 0.318. The molecule has 2 nitrogen and oxygen atoms in total. The fourth-order valence-electron chi connectivity index (χ4n) is 1.89. The number of nitrogens with zero attached hydrogens (tertiary/aromatic N) is 1. The van der Waals surface area contributed by atoms with E-state index >= 15 is 0 Å². The fraction of sp³-hybridized carbons (Fsp3) is 0.917. The molecule has 1 aliphatic carbocycles. The third-order valence-electron chi connectivity index (χ3n) is 3.81. The van der Waals surface area contributed by atoms with Crippen LogP contribution in [0.3, 0.4) is 0 Å². The summed E-state index contributed by atoms with van der Waals surface area (Å²) in [5.74, 6) is 2.19. The van der Waals surface area contributed by atoms with Gasteiger partial charge in [-0.15, -0.1) is 0 Å². The minimum Gasteiger partial charge on any atom is -0.365 e. The third-order valence-corrected chi connectivity index (χ3v) is 5.12. The molecule has 1 N–H and O–H groups in total. The van der Waals surface area contributed by atoms with E-state index in [-0.39, 0.29) is 0 Å². The van der Waals surface area contributed by atoms with Gasteiger partial charge < -0.3 is 5.32 Å². The Morgan fingerprint density at radius 3 is 2.60 bits per heavy atom. The maximum absolute atomic E-state index is 4.69. The zero-order valence-corrected chi connectivity index (χ0v) is 10.7. The zero-order chi connectivity index (χ0) is 10.7. The van der Waals surface area contributed by atoms with Crippen LogP contribution in [0.5, 0.6) is 0 Å². The monoisotopic (exact) mass is 226 g/mol. The summed E-state index contributed by atoms with van der Waals surface area (Å²) >= 11 is 1.93. The molecular formula is C12H22N2S. The minimum absolute atomic E-state index is 0.482. The third kappa shape index (κ3) is 2.90. The van der Waals surface area contributed by atoms with Crippen LogP contribution in [0, 0.1) is 11.3 Å². The molecule has 1 aliphatic heterocycles. The summed E-state index contributed by atoms with van der Waals surface area (Å²) in [5, 5.41) is 4.68. The van der Waals surface area contributed by atoms with Crippen LogP contribution in [0.15, 0.2) is 4.99 Å². The van der Waals surface area contributed by atoms with E-state index in [4.69, 9.17) is 4.99 Å². The fourth-order valence-corrected chi connectivity index (χ4v) is 3.17. The Labute approximate surface area is 97.3 Å². The highest BCUT2D eigenvalue weighted by atomic mass is 32.2. The quantitative estimate of drug-likeness (QED) is 0.797. The number of nitrogens with one attached hydrogen (secondary N) is 1. The average molecular weight is 226 g/mol.